The van der Waals surface area contributed by atoms with Crippen LogP contribution >= 0.6 is 23.2 Å². The predicted molar refractivity (Wildman–Crippen MR) is 246 cm³/mol. The van der Waals surface area contributed by atoms with Crippen molar-refractivity contribution in [2.75, 3.05) is 41.8 Å². The average Bonchev–Trinajstić information content (AvgIpc) is 3.96. The molecule has 17 heteroatoms. The maximum absolute atomic E-state index is 16.3. The molecular weight excluding hydrogens is 886 g/mol. The molecule has 4 fully saturated rings. The second-order valence-electron chi connectivity index (χ2n) is 17.5. The van der Waals surface area contributed by atoms with Crippen molar-refractivity contribution < 1.29 is 33.1 Å². The van der Waals surface area contributed by atoms with Crippen molar-refractivity contribution in [3.8, 4) is 11.8 Å². The minimum atomic E-state index is -1.35. The minimum Gasteiger partial charge on any atom is -0.365 e. The van der Waals surface area contributed by atoms with Gasteiger partial charge in [0.15, 0.2) is 0 Å². The zero-order valence-electron chi connectivity index (χ0n) is 35.7. The highest BCUT2D eigenvalue weighted by molar-refractivity contribution is 6.31. The number of hydrogen-bond donors (Lipinski definition) is 4. The van der Waals surface area contributed by atoms with E-state index in [4.69, 9.17) is 27.9 Å². The normalized spacial score (nSPS) is 22.6. The van der Waals surface area contributed by atoms with Crippen molar-refractivity contribution in [1.82, 2.24) is 24.9 Å². The zero-order valence-corrected chi connectivity index (χ0v) is 37.2. The Hall–Kier alpha value is -6.31. The highest BCUT2D eigenvalue weighted by Gasteiger charge is 2.72. The lowest BCUT2D eigenvalue weighted by atomic mass is 9.55. The van der Waals surface area contributed by atoms with Crippen molar-refractivity contribution in [3.05, 3.63) is 123 Å². The van der Waals surface area contributed by atoms with Crippen LogP contribution in [0.5, 0.6) is 0 Å². The summed E-state index contributed by atoms with van der Waals surface area (Å²) in [6.07, 6.45) is 8.62. The summed E-state index contributed by atoms with van der Waals surface area (Å²) in [7, 11) is 0. The second-order valence-corrected chi connectivity index (χ2v) is 18.4. The van der Waals surface area contributed by atoms with E-state index in [0.29, 0.717) is 77.8 Å². The summed E-state index contributed by atoms with van der Waals surface area (Å²) in [5, 5.41) is 12.4. The number of carbonyl (C=O) groups excluding carboxylic acids is 5. The largest absolute Gasteiger partial charge is 0.365 e. The van der Waals surface area contributed by atoms with Crippen molar-refractivity contribution >= 4 is 75.7 Å². The molecule has 6 amide bonds. The van der Waals surface area contributed by atoms with Gasteiger partial charge in [0.1, 0.15) is 29.3 Å². The fourth-order valence-corrected chi connectivity index (χ4v) is 11.2. The summed E-state index contributed by atoms with van der Waals surface area (Å²) in [5.74, 6) is 3.88. The lowest BCUT2D eigenvalue weighted by molar-refractivity contribution is -0.124. The molecule has 3 aromatic carbocycles. The third-order valence-electron chi connectivity index (χ3n) is 13.9. The van der Waals surface area contributed by atoms with Crippen LogP contribution in [-0.2, 0) is 24.5 Å². The third-order valence-corrected chi connectivity index (χ3v) is 14.4. The molecule has 0 unspecified atom stereocenters. The van der Waals surface area contributed by atoms with Gasteiger partial charge in [0.2, 0.25) is 17.7 Å². The molecule has 3 saturated heterocycles. The highest BCUT2D eigenvalue weighted by atomic mass is 35.5. The minimum absolute atomic E-state index is 0.0669. The van der Waals surface area contributed by atoms with Crippen molar-refractivity contribution in [2.45, 2.75) is 80.4 Å². The second kappa shape index (κ2) is 17.5. The molecule has 66 heavy (non-hydrogen) atoms. The first-order chi connectivity index (χ1) is 32.0. The van der Waals surface area contributed by atoms with E-state index in [1.807, 2.05) is 18.2 Å². The number of nitrogens with one attached hydrogen (secondary N) is 4. The predicted octanol–water partition coefficient (Wildman–Crippen LogP) is 7.19. The van der Waals surface area contributed by atoms with Gasteiger partial charge in [-0.3, -0.25) is 39.1 Å². The summed E-state index contributed by atoms with van der Waals surface area (Å²) in [6.45, 7) is 1.48. The van der Waals surface area contributed by atoms with E-state index in [2.05, 4.69) is 38.1 Å². The van der Waals surface area contributed by atoms with E-state index in [9.17, 15) is 24.0 Å². The van der Waals surface area contributed by atoms with Gasteiger partial charge in [-0.15, -0.1) is 0 Å². The van der Waals surface area contributed by atoms with Crippen LogP contribution in [0.1, 0.15) is 84.3 Å². The number of benzene rings is 3. The molecule has 4 N–H and O–H groups in total. The van der Waals surface area contributed by atoms with E-state index < -0.39 is 40.7 Å². The van der Waals surface area contributed by atoms with Crippen LogP contribution in [-0.4, -0.2) is 87.9 Å². The monoisotopic (exact) mass is 930 g/mol. The van der Waals surface area contributed by atoms with Crippen LogP contribution in [0, 0.1) is 17.7 Å². The number of piperidine rings is 1. The van der Waals surface area contributed by atoms with Gasteiger partial charge in [-0.2, -0.15) is 0 Å². The molecule has 6 heterocycles. The molecule has 1 saturated carbocycles. The zero-order chi connectivity index (χ0) is 45.7. The summed E-state index contributed by atoms with van der Waals surface area (Å²) < 4.78 is 24.1. The Morgan fingerprint density at radius 2 is 1.73 bits per heavy atom. The molecule has 5 aromatic rings. The SMILES string of the molecule is O=C1CCN(c2cnc3cc(C#CCOC4CCN(C(=O)c5ccc(NC(=O)[C@@H]6NC7(CCCCC7)[C@@]7(C(=O)Nc8cc(Cl)ccc87)[C@H]6c6cccc(Cl)c6F)cc5)CC4)ccn23)C(=O)N1. The Bertz CT molecular complexity index is 2870. The maximum atomic E-state index is 16.3. The molecule has 1 aliphatic carbocycles. The number of hydrogen-bond acceptors (Lipinski definition) is 8. The van der Waals surface area contributed by atoms with Crippen LogP contribution in [0.4, 0.5) is 26.4 Å². The number of nitrogens with zero attached hydrogens (tertiary/aromatic N) is 4. The summed E-state index contributed by atoms with van der Waals surface area (Å²) in [4.78, 5) is 74.5. The lowest BCUT2D eigenvalue weighted by Gasteiger charge is -2.47. The molecule has 10 rings (SSSR count). The van der Waals surface area contributed by atoms with Gasteiger partial charge in [-0.25, -0.2) is 14.2 Å². The van der Waals surface area contributed by atoms with E-state index in [1.165, 1.54) is 11.0 Å². The number of aromatic nitrogens is 2. The number of ether oxygens (including phenoxy) is 1. The van der Waals surface area contributed by atoms with Crippen LogP contribution in [0.2, 0.25) is 10.0 Å². The number of halogens is 3. The van der Waals surface area contributed by atoms with Crippen molar-refractivity contribution in [1.29, 1.82) is 0 Å². The molecular formula is C49H45Cl2FN8O6. The van der Waals surface area contributed by atoms with E-state index >= 15 is 4.39 Å². The fraction of sp³-hybridized carbons (Fsp3) is 0.347. The van der Waals surface area contributed by atoms with Gasteiger partial charge in [0, 0.05) is 71.2 Å². The number of carbonyl (C=O) groups is 5. The topological polar surface area (TPSA) is 166 Å². The average molecular weight is 932 g/mol. The van der Waals surface area contributed by atoms with Crippen LogP contribution in [0.3, 0.4) is 0 Å². The molecule has 0 bridgehead atoms. The van der Waals surface area contributed by atoms with Gasteiger partial charge in [-0.1, -0.05) is 72.5 Å². The number of fused-ring (bicyclic) bond motifs is 4. The number of urea groups is 1. The molecule has 2 aromatic heterocycles. The quantitative estimate of drug-likeness (QED) is 0.125. The number of pyridine rings is 1. The Balaban J connectivity index is 0.783. The van der Waals surface area contributed by atoms with Crippen LogP contribution < -0.4 is 26.2 Å². The van der Waals surface area contributed by atoms with Crippen molar-refractivity contribution in [2.24, 2.45) is 0 Å². The first-order valence-electron chi connectivity index (χ1n) is 22.2. The van der Waals surface area contributed by atoms with Gasteiger partial charge < -0.3 is 20.3 Å². The Kier molecular flexibility index (Phi) is 11.5. The number of amides is 6. The smallest absolute Gasteiger partial charge is 0.329 e. The number of anilines is 3. The number of imidazole rings is 1. The molecule has 3 atom stereocenters. The first-order valence-corrected chi connectivity index (χ1v) is 22.9. The van der Waals surface area contributed by atoms with E-state index in [-0.39, 0.29) is 54.0 Å². The Labute approximate surface area is 389 Å². The molecule has 2 spiro atoms. The third kappa shape index (κ3) is 7.55. The summed E-state index contributed by atoms with van der Waals surface area (Å²) in [5.41, 5.74) is 1.41. The fourth-order valence-electron chi connectivity index (χ4n) is 10.9. The molecule has 338 valence electrons. The summed E-state index contributed by atoms with van der Waals surface area (Å²) >= 11 is 12.8. The first kappa shape index (κ1) is 43.6. The van der Waals surface area contributed by atoms with Gasteiger partial charge >= 0.3 is 6.03 Å². The number of likely N-dealkylation sites (tertiary alicyclic amines) is 1. The van der Waals surface area contributed by atoms with Crippen LogP contribution in [0.25, 0.3) is 5.65 Å². The Morgan fingerprint density at radius 3 is 2.50 bits per heavy atom. The Morgan fingerprint density at radius 1 is 0.939 bits per heavy atom. The number of rotatable bonds is 7. The highest BCUT2D eigenvalue weighted by Crippen LogP contribution is 2.63. The van der Waals surface area contributed by atoms with Crippen LogP contribution in [0.15, 0.2) is 85.2 Å². The molecule has 0 radical (unpaired) electrons. The molecule has 5 aliphatic rings. The van der Waals surface area contributed by atoms with E-state index in [1.54, 1.807) is 70.2 Å². The maximum Gasteiger partial charge on any atom is 0.329 e. The lowest BCUT2D eigenvalue weighted by Crippen LogP contribution is -2.60. The number of imide groups is 1. The van der Waals surface area contributed by atoms with Gasteiger partial charge in [-0.05, 0) is 91.4 Å². The molecule has 14 nitrogen and oxygen atoms in total. The van der Waals surface area contributed by atoms with Crippen molar-refractivity contribution in [3.63, 3.8) is 0 Å². The van der Waals surface area contributed by atoms with Gasteiger partial charge in [0.05, 0.1) is 23.4 Å². The standard InChI is InChI=1S/C49H45Cl2FN8O6/c50-31-11-14-35-37(27-31)55-46(64)49(35)41(34-7-4-8-36(51)42(34)52)43(57-48(49)19-2-1-3-20-48)44(62)54-32-12-9-30(10-13-32)45(63)58-21-16-33(17-22-58)66-25-5-6-29-15-23-59-38(26-29)53-28-40(59)60-24-18-39(61)56-47(60)65/h4,7-15,23,26-28,33,41,43,57H,1-3,16-22,24-25H2,(H,54,62)(H,55,64)(H,56,61,65)/t41-,43+,49+/m0/s1. The summed E-state index contributed by atoms with van der Waals surface area (Å²) in [6, 6.07) is 18.8. The van der Waals surface area contributed by atoms with Gasteiger partial charge in [0.25, 0.3) is 5.91 Å². The molecule has 4 aliphatic heterocycles. The van der Waals surface area contributed by atoms with E-state index in [0.717, 1.165) is 24.8 Å².